The van der Waals surface area contributed by atoms with Crippen molar-refractivity contribution < 1.29 is 32.2 Å². The molecule has 2 aromatic rings. The largest absolute Gasteiger partial charge is 0.497 e. The third-order valence-electron chi connectivity index (χ3n) is 5.95. The molecule has 1 heterocycles. The maximum atomic E-state index is 13.2. The number of amides is 1. The lowest BCUT2D eigenvalue weighted by molar-refractivity contribution is -0.135. The Bertz CT molecular complexity index is 1080. The Kier molecular flexibility index (Phi) is 8.27. The van der Waals surface area contributed by atoms with Gasteiger partial charge in [-0.05, 0) is 54.8 Å². The lowest BCUT2D eigenvalue weighted by atomic mass is 9.98. The van der Waals surface area contributed by atoms with Crippen LogP contribution >= 0.6 is 0 Å². The first-order chi connectivity index (χ1) is 16.2. The lowest BCUT2D eigenvalue weighted by Gasteiger charge is -2.33. The van der Waals surface area contributed by atoms with Gasteiger partial charge in [0, 0.05) is 26.7 Å². The van der Waals surface area contributed by atoms with Gasteiger partial charge in [-0.2, -0.15) is 4.31 Å². The first-order valence-corrected chi connectivity index (χ1v) is 12.4. The van der Waals surface area contributed by atoms with Crippen LogP contribution in [0.25, 0.3) is 0 Å². The number of rotatable bonds is 9. The van der Waals surface area contributed by atoms with Crippen LogP contribution < -0.4 is 18.9 Å². The van der Waals surface area contributed by atoms with E-state index >= 15 is 0 Å². The van der Waals surface area contributed by atoms with Crippen molar-refractivity contribution in [2.75, 3.05) is 48.6 Å². The minimum absolute atomic E-state index is 0.108. The summed E-state index contributed by atoms with van der Waals surface area (Å²) in [4.78, 5) is 15.0. The topological polar surface area (TPSA) is 94.6 Å². The summed E-state index contributed by atoms with van der Waals surface area (Å²) in [5, 5.41) is 0. The van der Waals surface area contributed by atoms with Gasteiger partial charge in [-0.25, -0.2) is 8.42 Å². The molecule has 0 aliphatic carbocycles. The first-order valence-electron chi connectivity index (χ1n) is 10.9. The molecule has 0 unspecified atom stereocenters. The van der Waals surface area contributed by atoms with Gasteiger partial charge < -0.3 is 23.8 Å². The Balaban J connectivity index is 1.73. The molecule has 3 rings (SSSR count). The Morgan fingerprint density at radius 1 is 1.00 bits per heavy atom. The summed E-state index contributed by atoms with van der Waals surface area (Å²) in [7, 11) is 4.14. The molecule has 0 aromatic heterocycles. The van der Waals surface area contributed by atoms with Crippen LogP contribution in [0.4, 0.5) is 0 Å². The fourth-order valence-corrected chi connectivity index (χ4v) is 5.67. The number of hydrogen-bond acceptors (Lipinski definition) is 7. The molecule has 0 spiro atoms. The third-order valence-corrected chi connectivity index (χ3v) is 7.83. The predicted octanol–water partition coefficient (Wildman–Crippen LogP) is 2.78. The van der Waals surface area contributed by atoms with E-state index < -0.39 is 15.9 Å². The molecule has 186 valence electrons. The monoisotopic (exact) mass is 492 g/mol. The normalized spacial score (nSPS) is 16.6. The zero-order chi connectivity index (χ0) is 24.9. The fraction of sp³-hybridized carbons (Fsp3) is 0.458. The van der Waals surface area contributed by atoms with Gasteiger partial charge in [0.05, 0.1) is 39.3 Å². The van der Waals surface area contributed by atoms with E-state index in [1.807, 2.05) is 0 Å². The molecule has 0 saturated carbocycles. The fourth-order valence-electron chi connectivity index (χ4n) is 4.15. The summed E-state index contributed by atoms with van der Waals surface area (Å²) in [6.45, 7) is 0.846. The second kappa shape index (κ2) is 11.0. The quantitative estimate of drug-likeness (QED) is 0.531. The van der Waals surface area contributed by atoms with Crippen molar-refractivity contribution in [1.29, 1.82) is 0 Å². The van der Waals surface area contributed by atoms with E-state index in [4.69, 9.17) is 18.9 Å². The van der Waals surface area contributed by atoms with E-state index in [9.17, 15) is 13.2 Å². The minimum Gasteiger partial charge on any atom is -0.497 e. The SMILES string of the molecule is COc1ccc(S(=O)(=O)N2CCC[C@@H](C(=O)N(C)Cc3cc(OC)c(OC)c(OC)c3)C2)cc1. The molecule has 1 aliphatic heterocycles. The van der Waals surface area contributed by atoms with Crippen LogP contribution in [0.5, 0.6) is 23.0 Å². The number of nitrogens with zero attached hydrogens (tertiary/aromatic N) is 2. The van der Waals surface area contributed by atoms with E-state index in [0.717, 1.165) is 5.56 Å². The summed E-state index contributed by atoms with van der Waals surface area (Å²) < 4.78 is 48.9. The number of ether oxygens (including phenoxy) is 4. The maximum absolute atomic E-state index is 13.2. The highest BCUT2D eigenvalue weighted by Gasteiger charge is 2.34. The van der Waals surface area contributed by atoms with Gasteiger partial charge in [0.1, 0.15) is 5.75 Å². The molecule has 2 aromatic carbocycles. The summed E-state index contributed by atoms with van der Waals surface area (Å²) in [6, 6.07) is 9.88. The number of carbonyl (C=O) groups excluding carboxylic acids is 1. The maximum Gasteiger partial charge on any atom is 0.243 e. The summed E-state index contributed by atoms with van der Waals surface area (Å²) in [5.74, 6) is 1.55. The highest BCUT2D eigenvalue weighted by molar-refractivity contribution is 7.89. The molecule has 0 bridgehead atoms. The second-order valence-corrected chi connectivity index (χ2v) is 10.0. The van der Waals surface area contributed by atoms with Crippen LogP contribution in [0.2, 0.25) is 0 Å². The van der Waals surface area contributed by atoms with Crippen molar-refractivity contribution in [2.24, 2.45) is 5.92 Å². The van der Waals surface area contributed by atoms with Crippen LogP contribution in [-0.2, 0) is 21.4 Å². The van der Waals surface area contributed by atoms with Crippen molar-refractivity contribution in [1.82, 2.24) is 9.21 Å². The van der Waals surface area contributed by atoms with Gasteiger partial charge in [-0.3, -0.25) is 4.79 Å². The Morgan fingerprint density at radius 2 is 1.62 bits per heavy atom. The minimum atomic E-state index is -3.70. The smallest absolute Gasteiger partial charge is 0.243 e. The van der Waals surface area contributed by atoms with Crippen molar-refractivity contribution in [3.8, 4) is 23.0 Å². The highest BCUT2D eigenvalue weighted by atomic mass is 32.2. The second-order valence-electron chi connectivity index (χ2n) is 8.11. The molecule has 1 amide bonds. The van der Waals surface area contributed by atoms with E-state index in [1.165, 1.54) is 44.9 Å². The van der Waals surface area contributed by atoms with Gasteiger partial charge in [0.25, 0.3) is 0 Å². The summed E-state index contributed by atoms with van der Waals surface area (Å²) >= 11 is 0. The zero-order valence-corrected chi connectivity index (χ0v) is 21.1. The van der Waals surface area contributed by atoms with Gasteiger partial charge in [-0.1, -0.05) is 0 Å². The average Bonchev–Trinajstić information content (AvgIpc) is 2.87. The van der Waals surface area contributed by atoms with Crippen LogP contribution in [0.1, 0.15) is 18.4 Å². The number of methoxy groups -OCH3 is 4. The number of carbonyl (C=O) groups is 1. The average molecular weight is 493 g/mol. The zero-order valence-electron chi connectivity index (χ0n) is 20.2. The molecular weight excluding hydrogens is 460 g/mol. The lowest BCUT2D eigenvalue weighted by Crippen LogP contribution is -2.45. The van der Waals surface area contributed by atoms with Crippen LogP contribution in [0.15, 0.2) is 41.3 Å². The molecule has 0 radical (unpaired) electrons. The van der Waals surface area contributed by atoms with Crippen molar-refractivity contribution in [3.05, 3.63) is 42.0 Å². The van der Waals surface area contributed by atoms with Crippen molar-refractivity contribution >= 4 is 15.9 Å². The van der Waals surface area contributed by atoms with Crippen LogP contribution in [0, 0.1) is 5.92 Å². The molecule has 1 atom stereocenters. The Labute approximate surface area is 201 Å². The van der Waals surface area contributed by atoms with E-state index in [-0.39, 0.29) is 17.3 Å². The standard InChI is InChI=1S/C24H32N2O7S/c1-25(15-17-13-21(31-3)23(33-5)22(14-17)32-4)24(27)18-7-6-12-26(16-18)34(28,29)20-10-8-19(30-2)9-11-20/h8-11,13-14,18H,6-7,12,15-16H2,1-5H3/t18-/m1/s1. The number of hydrogen-bond donors (Lipinski definition) is 0. The van der Waals surface area contributed by atoms with Crippen LogP contribution in [-0.4, -0.2) is 72.1 Å². The van der Waals surface area contributed by atoms with Crippen LogP contribution in [0.3, 0.4) is 0 Å². The van der Waals surface area contributed by atoms with Crippen molar-refractivity contribution in [3.63, 3.8) is 0 Å². The van der Waals surface area contributed by atoms with Gasteiger partial charge in [0.2, 0.25) is 21.7 Å². The third kappa shape index (κ3) is 5.39. The summed E-state index contributed by atoms with van der Waals surface area (Å²) in [5.41, 5.74) is 0.809. The van der Waals surface area contributed by atoms with E-state index in [2.05, 4.69) is 0 Å². The van der Waals surface area contributed by atoms with Gasteiger partial charge >= 0.3 is 0 Å². The number of sulfonamides is 1. The number of benzene rings is 2. The molecule has 1 saturated heterocycles. The number of piperidine rings is 1. The Morgan fingerprint density at radius 3 is 2.15 bits per heavy atom. The highest BCUT2D eigenvalue weighted by Crippen LogP contribution is 2.38. The molecular formula is C24H32N2O7S. The molecule has 9 nitrogen and oxygen atoms in total. The van der Waals surface area contributed by atoms with Gasteiger partial charge in [-0.15, -0.1) is 0 Å². The molecule has 34 heavy (non-hydrogen) atoms. The summed E-state index contributed by atoms with van der Waals surface area (Å²) in [6.07, 6.45) is 1.25. The first kappa shape index (κ1) is 25.6. The van der Waals surface area contributed by atoms with Crippen molar-refractivity contribution in [2.45, 2.75) is 24.3 Å². The molecule has 10 heteroatoms. The van der Waals surface area contributed by atoms with E-state index in [0.29, 0.717) is 48.9 Å². The molecule has 1 fully saturated rings. The molecule has 1 aliphatic rings. The Hall–Kier alpha value is -2.98. The van der Waals surface area contributed by atoms with Gasteiger partial charge in [0.15, 0.2) is 11.5 Å². The molecule has 0 N–H and O–H groups in total. The predicted molar refractivity (Wildman–Crippen MR) is 127 cm³/mol. The van der Waals surface area contributed by atoms with E-state index in [1.54, 1.807) is 36.2 Å².